The molecule has 0 aliphatic carbocycles. The molecule has 0 bridgehead atoms. The highest BCUT2D eigenvalue weighted by atomic mass is 16.7. The third-order valence-electron chi connectivity index (χ3n) is 2.69. The smallest absolute Gasteiger partial charge is 0.335 e. The topological polar surface area (TPSA) is 88.8 Å². The lowest BCUT2D eigenvalue weighted by molar-refractivity contribution is 0.0506. The lowest BCUT2D eigenvalue weighted by Crippen LogP contribution is -2.02. The molecule has 0 aliphatic heterocycles. The zero-order chi connectivity index (χ0) is 15.9. The van der Waals surface area contributed by atoms with Gasteiger partial charge in [-0.25, -0.2) is 4.79 Å². The first-order valence-electron chi connectivity index (χ1n) is 6.30. The fraction of sp³-hybridized carbons (Fsp3) is 0.125. The number of aromatic carboxylic acids is 1. The summed E-state index contributed by atoms with van der Waals surface area (Å²) in [5.74, 6) is 0.0351. The minimum Gasteiger partial charge on any atom is -0.478 e. The van der Waals surface area contributed by atoms with Gasteiger partial charge in [-0.2, -0.15) is 5.26 Å². The maximum Gasteiger partial charge on any atom is 0.335 e. The third-order valence-corrected chi connectivity index (χ3v) is 2.69. The summed E-state index contributed by atoms with van der Waals surface area (Å²) in [6, 6.07) is 12.8. The van der Waals surface area contributed by atoms with E-state index in [2.05, 4.69) is 0 Å². The van der Waals surface area contributed by atoms with Gasteiger partial charge in [0.05, 0.1) is 17.2 Å². The number of benzene rings is 2. The molecule has 2 rings (SSSR count). The van der Waals surface area contributed by atoms with E-state index in [1.54, 1.807) is 30.3 Å². The van der Waals surface area contributed by atoms with E-state index in [1.165, 1.54) is 19.2 Å². The number of carbonyl (C=O) groups is 1. The molecule has 0 amide bonds. The van der Waals surface area contributed by atoms with Crippen molar-refractivity contribution in [1.29, 1.82) is 5.26 Å². The average molecular weight is 299 g/mol. The number of hydrogen-bond acceptors (Lipinski definition) is 5. The van der Waals surface area contributed by atoms with Crippen molar-refractivity contribution >= 4 is 5.97 Å². The van der Waals surface area contributed by atoms with Gasteiger partial charge in [0, 0.05) is 13.2 Å². The summed E-state index contributed by atoms with van der Waals surface area (Å²) in [7, 11) is 1.47. The molecular weight excluding hydrogens is 286 g/mol. The Hall–Kier alpha value is -3.04. The van der Waals surface area contributed by atoms with E-state index < -0.39 is 5.97 Å². The Labute approximate surface area is 127 Å². The molecule has 0 aromatic heterocycles. The molecule has 2 aromatic rings. The van der Waals surface area contributed by atoms with Crippen LogP contribution in [0.1, 0.15) is 15.9 Å². The monoisotopic (exact) mass is 299 g/mol. The van der Waals surface area contributed by atoms with Crippen LogP contribution in [0.25, 0.3) is 0 Å². The van der Waals surface area contributed by atoms with E-state index >= 15 is 0 Å². The molecule has 0 aliphatic rings. The summed E-state index contributed by atoms with van der Waals surface area (Å²) in [4.78, 5) is 11.1. The lowest BCUT2D eigenvalue weighted by Gasteiger charge is -2.10. The highest BCUT2D eigenvalue weighted by Gasteiger charge is 2.09. The average Bonchev–Trinajstić information content (AvgIpc) is 2.53. The van der Waals surface area contributed by atoms with E-state index in [1.807, 2.05) is 6.07 Å². The van der Waals surface area contributed by atoms with Crippen LogP contribution in [0.3, 0.4) is 0 Å². The van der Waals surface area contributed by atoms with E-state index in [-0.39, 0.29) is 12.4 Å². The van der Waals surface area contributed by atoms with Crippen molar-refractivity contribution in [2.75, 3.05) is 13.9 Å². The number of methoxy groups -OCH3 is 1. The number of carboxylic acid groups (broad SMARTS) is 1. The van der Waals surface area contributed by atoms with Crippen LogP contribution in [0.5, 0.6) is 17.2 Å². The van der Waals surface area contributed by atoms with E-state index in [9.17, 15) is 4.79 Å². The Bertz CT molecular complexity index is 703. The number of nitrogens with zero attached hydrogens (tertiary/aromatic N) is 1. The molecule has 0 atom stereocenters. The molecule has 0 heterocycles. The third kappa shape index (κ3) is 3.98. The Balaban J connectivity index is 2.26. The summed E-state index contributed by atoms with van der Waals surface area (Å²) >= 11 is 0. The van der Waals surface area contributed by atoms with Crippen molar-refractivity contribution < 1.29 is 24.1 Å². The van der Waals surface area contributed by atoms with Gasteiger partial charge in [0.1, 0.15) is 17.2 Å². The van der Waals surface area contributed by atoms with Gasteiger partial charge in [-0.3, -0.25) is 0 Å². The molecule has 2 aromatic carbocycles. The number of nitriles is 1. The quantitative estimate of drug-likeness (QED) is 0.825. The molecule has 0 saturated heterocycles. The van der Waals surface area contributed by atoms with Crippen LogP contribution < -0.4 is 9.47 Å². The van der Waals surface area contributed by atoms with Crippen molar-refractivity contribution in [2.45, 2.75) is 0 Å². The molecular formula is C16H13NO5. The number of rotatable bonds is 6. The summed E-state index contributed by atoms with van der Waals surface area (Å²) in [6.45, 7) is -0.000616. The van der Waals surface area contributed by atoms with E-state index in [4.69, 9.17) is 24.6 Å². The summed E-state index contributed by atoms with van der Waals surface area (Å²) in [5, 5.41) is 17.9. The van der Waals surface area contributed by atoms with Gasteiger partial charge in [0.15, 0.2) is 6.79 Å². The number of carboxylic acids is 1. The fourth-order valence-electron chi connectivity index (χ4n) is 1.70. The lowest BCUT2D eigenvalue weighted by atomic mass is 10.2. The first kappa shape index (κ1) is 15.4. The molecule has 6 heteroatoms. The van der Waals surface area contributed by atoms with Crippen LogP contribution in [0.4, 0.5) is 0 Å². The molecule has 112 valence electrons. The van der Waals surface area contributed by atoms with Crippen molar-refractivity contribution in [3.63, 3.8) is 0 Å². The van der Waals surface area contributed by atoms with Crippen LogP contribution in [0.15, 0.2) is 42.5 Å². The molecule has 0 spiro atoms. The van der Waals surface area contributed by atoms with Crippen LogP contribution in [-0.2, 0) is 4.74 Å². The number of ether oxygens (including phenoxy) is 3. The van der Waals surface area contributed by atoms with Gasteiger partial charge in [-0.15, -0.1) is 0 Å². The van der Waals surface area contributed by atoms with E-state index in [0.29, 0.717) is 22.8 Å². The summed E-state index contributed by atoms with van der Waals surface area (Å²) in [5.41, 5.74) is 0.549. The van der Waals surface area contributed by atoms with Gasteiger partial charge in [-0.05, 0) is 36.4 Å². The minimum absolute atomic E-state index is 0.000616. The predicted molar refractivity (Wildman–Crippen MR) is 77.1 cm³/mol. The Morgan fingerprint density at radius 2 is 1.82 bits per heavy atom. The van der Waals surface area contributed by atoms with Crippen molar-refractivity contribution in [1.82, 2.24) is 0 Å². The Morgan fingerprint density at radius 3 is 2.41 bits per heavy atom. The van der Waals surface area contributed by atoms with Gasteiger partial charge < -0.3 is 19.3 Å². The Morgan fingerprint density at radius 1 is 1.14 bits per heavy atom. The maximum atomic E-state index is 11.1. The van der Waals surface area contributed by atoms with E-state index in [0.717, 1.165) is 0 Å². The van der Waals surface area contributed by atoms with Gasteiger partial charge in [-0.1, -0.05) is 0 Å². The van der Waals surface area contributed by atoms with Crippen molar-refractivity contribution in [3.8, 4) is 23.3 Å². The maximum absolute atomic E-state index is 11.1. The minimum atomic E-state index is -1.09. The van der Waals surface area contributed by atoms with Gasteiger partial charge in [0.25, 0.3) is 0 Å². The normalized spacial score (nSPS) is 9.82. The van der Waals surface area contributed by atoms with Crippen LogP contribution in [-0.4, -0.2) is 25.0 Å². The van der Waals surface area contributed by atoms with Gasteiger partial charge >= 0.3 is 5.97 Å². The second-order valence-electron chi connectivity index (χ2n) is 4.29. The molecule has 6 nitrogen and oxygen atoms in total. The highest BCUT2D eigenvalue weighted by molar-refractivity contribution is 5.88. The molecule has 0 unspecified atom stereocenters. The van der Waals surface area contributed by atoms with Crippen molar-refractivity contribution in [3.05, 3.63) is 53.6 Å². The first-order chi connectivity index (χ1) is 10.6. The van der Waals surface area contributed by atoms with Gasteiger partial charge in [0.2, 0.25) is 0 Å². The second-order valence-corrected chi connectivity index (χ2v) is 4.29. The zero-order valence-corrected chi connectivity index (χ0v) is 11.8. The molecule has 22 heavy (non-hydrogen) atoms. The standard InChI is InChI=1S/C16H13NO5/c1-20-10-21-14-6-12(16(18)19)7-15(8-14)22-13-4-2-11(9-17)3-5-13/h2-8H,10H2,1H3,(H,18,19). The second kappa shape index (κ2) is 7.11. The predicted octanol–water partition coefficient (Wildman–Crippen LogP) is 3.03. The molecule has 0 fully saturated rings. The summed E-state index contributed by atoms with van der Waals surface area (Å²) in [6.07, 6.45) is 0. The van der Waals surface area contributed by atoms with Crippen molar-refractivity contribution in [2.24, 2.45) is 0 Å². The zero-order valence-electron chi connectivity index (χ0n) is 11.8. The molecule has 0 radical (unpaired) electrons. The van der Waals surface area contributed by atoms with Crippen LogP contribution >= 0.6 is 0 Å². The largest absolute Gasteiger partial charge is 0.478 e. The number of hydrogen-bond donors (Lipinski definition) is 1. The Kier molecular flexibility index (Phi) is 4.96. The highest BCUT2D eigenvalue weighted by Crippen LogP contribution is 2.27. The van der Waals surface area contributed by atoms with Crippen LogP contribution in [0.2, 0.25) is 0 Å². The molecule has 1 N–H and O–H groups in total. The fourth-order valence-corrected chi connectivity index (χ4v) is 1.70. The van der Waals surface area contributed by atoms with Crippen LogP contribution in [0, 0.1) is 11.3 Å². The first-order valence-corrected chi connectivity index (χ1v) is 6.30. The SMILES string of the molecule is COCOc1cc(Oc2ccc(C#N)cc2)cc(C(=O)O)c1. The molecule has 0 saturated carbocycles. The summed E-state index contributed by atoms with van der Waals surface area (Å²) < 4.78 is 15.6.